The number of carbonyl (C=O) groups excluding carboxylic acids is 1. The Bertz CT molecular complexity index is 1180. The van der Waals surface area contributed by atoms with Crippen LogP contribution in [0.5, 0.6) is 5.75 Å². The third kappa shape index (κ3) is 4.27. The largest absolute Gasteiger partial charge is 0.497 e. The molecule has 1 fully saturated rings. The topological polar surface area (TPSA) is 97.7 Å². The molecule has 10 heteroatoms. The summed E-state index contributed by atoms with van der Waals surface area (Å²) in [6.45, 7) is 3.15. The molecule has 32 heavy (non-hydrogen) atoms. The van der Waals surface area contributed by atoms with E-state index in [1.54, 1.807) is 29.4 Å². The number of methoxy groups -OCH3 is 1. The highest BCUT2D eigenvalue weighted by atomic mass is 32.1. The van der Waals surface area contributed by atoms with Gasteiger partial charge >= 0.3 is 0 Å². The van der Waals surface area contributed by atoms with Gasteiger partial charge in [-0.2, -0.15) is 4.98 Å². The van der Waals surface area contributed by atoms with Crippen LogP contribution in [0.2, 0.25) is 0 Å². The Labute approximate surface area is 188 Å². The second-order valence-corrected chi connectivity index (χ2v) is 8.31. The number of nitrogens with zero attached hydrogens (tertiary/aromatic N) is 5. The van der Waals surface area contributed by atoms with E-state index < -0.39 is 0 Å². The van der Waals surface area contributed by atoms with Crippen molar-refractivity contribution in [1.82, 2.24) is 25.1 Å². The van der Waals surface area contributed by atoms with Crippen molar-refractivity contribution in [2.24, 2.45) is 0 Å². The number of hydrogen-bond donors (Lipinski definition) is 0. The van der Waals surface area contributed by atoms with Crippen LogP contribution in [-0.4, -0.2) is 64.3 Å². The molecule has 1 amide bonds. The third-order valence-corrected chi connectivity index (χ3v) is 6.21. The smallest absolute Gasteiger partial charge is 0.276 e. The zero-order valence-corrected chi connectivity index (χ0v) is 18.2. The lowest BCUT2D eigenvalue weighted by Crippen LogP contribution is -2.48. The number of piperazine rings is 1. The van der Waals surface area contributed by atoms with Gasteiger partial charge in [0, 0.05) is 37.8 Å². The Balaban J connectivity index is 1.16. The molecule has 4 heterocycles. The standard InChI is InChI=1S/C22H21N5O4S/c1-29-16-6-4-15(5-7-16)21-23-20(31-25-21)14-26-8-10-27(11-9-26)22(28)17-13-18(30-24-17)19-3-2-12-32-19/h2-7,12-13H,8-11,14H2,1H3. The number of carbonyl (C=O) groups is 1. The van der Waals surface area contributed by atoms with Crippen LogP contribution < -0.4 is 4.74 Å². The molecule has 5 rings (SSSR count). The minimum absolute atomic E-state index is 0.115. The maximum Gasteiger partial charge on any atom is 0.276 e. The molecule has 9 nitrogen and oxygen atoms in total. The molecule has 0 N–H and O–H groups in total. The first kappa shape index (κ1) is 20.4. The number of benzene rings is 1. The van der Waals surface area contributed by atoms with Crippen LogP contribution in [0.3, 0.4) is 0 Å². The Hall–Kier alpha value is -3.50. The average molecular weight is 452 g/mol. The van der Waals surface area contributed by atoms with Crippen molar-refractivity contribution < 1.29 is 18.6 Å². The first-order chi connectivity index (χ1) is 15.7. The predicted molar refractivity (Wildman–Crippen MR) is 117 cm³/mol. The van der Waals surface area contributed by atoms with Crippen molar-refractivity contribution in [1.29, 1.82) is 0 Å². The SMILES string of the molecule is COc1ccc(-c2noc(CN3CCN(C(=O)c4cc(-c5cccs5)on4)CC3)n2)cc1. The van der Waals surface area contributed by atoms with Gasteiger partial charge in [0.1, 0.15) is 5.75 Å². The fourth-order valence-corrected chi connectivity index (χ4v) is 4.22. The van der Waals surface area contributed by atoms with Gasteiger partial charge < -0.3 is 18.7 Å². The molecule has 1 aliphatic rings. The Morgan fingerprint density at radius 1 is 1.09 bits per heavy atom. The molecule has 0 bridgehead atoms. The van der Waals surface area contributed by atoms with Gasteiger partial charge in [-0.05, 0) is 35.7 Å². The van der Waals surface area contributed by atoms with Crippen molar-refractivity contribution in [2.75, 3.05) is 33.3 Å². The fourth-order valence-electron chi connectivity index (χ4n) is 3.55. The van der Waals surface area contributed by atoms with Gasteiger partial charge in [0.05, 0.1) is 18.5 Å². The van der Waals surface area contributed by atoms with E-state index in [9.17, 15) is 4.79 Å². The normalized spacial score (nSPS) is 14.6. The number of hydrogen-bond acceptors (Lipinski definition) is 9. The molecule has 1 aliphatic heterocycles. The van der Waals surface area contributed by atoms with Gasteiger partial charge in [0.2, 0.25) is 11.7 Å². The van der Waals surface area contributed by atoms with E-state index in [2.05, 4.69) is 20.2 Å². The van der Waals surface area contributed by atoms with E-state index in [4.69, 9.17) is 13.8 Å². The van der Waals surface area contributed by atoms with Gasteiger partial charge in [0.15, 0.2) is 11.5 Å². The van der Waals surface area contributed by atoms with Gasteiger partial charge in [-0.3, -0.25) is 9.69 Å². The second kappa shape index (κ2) is 8.93. The number of ether oxygens (including phenoxy) is 1. The maximum absolute atomic E-state index is 12.8. The van der Waals surface area contributed by atoms with E-state index in [0.29, 0.717) is 55.9 Å². The summed E-state index contributed by atoms with van der Waals surface area (Å²) in [6.07, 6.45) is 0. The maximum atomic E-state index is 12.8. The lowest BCUT2D eigenvalue weighted by atomic mass is 10.2. The summed E-state index contributed by atoms with van der Waals surface area (Å²) in [5.74, 6) is 2.37. The highest BCUT2D eigenvalue weighted by molar-refractivity contribution is 7.13. The van der Waals surface area contributed by atoms with Crippen LogP contribution >= 0.6 is 11.3 Å². The molecule has 3 aromatic heterocycles. The van der Waals surface area contributed by atoms with Crippen molar-refractivity contribution in [3.05, 3.63) is 59.4 Å². The van der Waals surface area contributed by atoms with E-state index >= 15 is 0 Å². The molecular weight excluding hydrogens is 430 g/mol. The lowest BCUT2D eigenvalue weighted by Gasteiger charge is -2.33. The van der Waals surface area contributed by atoms with Crippen molar-refractivity contribution >= 4 is 17.2 Å². The molecule has 1 aromatic carbocycles. The highest BCUT2D eigenvalue weighted by Gasteiger charge is 2.26. The molecule has 1 saturated heterocycles. The number of thiophene rings is 1. The zero-order valence-electron chi connectivity index (χ0n) is 17.4. The van der Waals surface area contributed by atoms with Crippen molar-refractivity contribution in [3.8, 4) is 27.8 Å². The van der Waals surface area contributed by atoms with Crippen LogP contribution in [0.25, 0.3) is 22.0 Å². The Morgan fingerprint density at radius 3 is 2.62 bits per heavy atom. The number of aromatic nitrogens is 3. The van der Waals surface area contributed by atoms with E-state index in [-0.39, 0.29) is 5.91 Å². The van der Waals surface area contributed by atoms with E-state index in [0.717, 1.165) is 16.2 Å². The summed E-state index contributed by atoms with van der Waals surface area (Å²) in [7, 11) is 1.63. The van der Waals surface area contributed by atoms with Crippen molar-refractivity contribution in [2.45, 2.75) is 6.54 Å². The minimum Gasteiger partial charge on any atom is -0.497 e. The number of rotatable bonds is 6. The van der Waals surface area contributed by atoms with E-state index in [1.165, 1.54) is 0 Å². The molecular formula is C22H21N5O4S. The monoisotopic (exact) mass is 451 g/mol. The summed E-state index contributed by atoms with van der Waals surface area (Å²) in [4.78, 5) is 22.2. The third-order valence-electron chi connectivity index (χ3n) is 5.33. The van der Waals surface area contributed by atoms with Gasteiger partial charge in [-0.25, -0.2) is 0 Å². The van der Waals surface area contributed by atoms with Crippen LogP contribution in [0.15, 0.2) is 56.9 Å². The molecule has 0 radical (unpaired) electrons. The average Bonchev–Trinajstić information content (AvgIpc) is 3.61. The first-order valence-corrected chi connectivity index (χ1v) is 11.1. The van der Waals surface area contributed by atoms with Gasteiger partial charge in [-0.15, -0.1) is 11.3 Å². The molecule has 164 valence electrons. The van der Waals surface area contributed by atoms with Crippen LogP contribution in [0.1, 0.15) is 16.4 Å². The summed E-state index contributed by atoms with van der Waals surface area (Å²) < 4.78 is 15.9. The number of amides is 1. The van der Waals surface area contributed by atoms with Gasteiger partial charge in [0.25, 0.3) is 5.91 Å². The Morgan fingerprint density at radius 2 is 1.91 bits per heavy atom. The van der Waals surface area contributed by atoms with Crippen LogP contribution in [-0.2, 0) is 6.54 Å². The first-order valence-electron chi connectivity index (χ1n) is 10.2. The molecule has 0 spiro atoms. The Kier molecular flexibility index (Phi) is 5.70. The molecule has 4 aromatic rings. The molecule has 0 unspecified atom stereocenters. The molecule has 0 aliphatic carbocycles. The quantitative estimate of drug-likeness (QED) is 0.440. The highest BCUT2D eigenvalue weighted by Crippen LogP contribution is 2.26. The van der Waals surface area contributed by atoms with E-state index in [1.807, 2.05) is 41.8 Å². The molecule has 0 atom stereocenters. The predicted octanol–water partition coefficient (Wildman–Crippen LogP) is 3.42. The summed E-state index contributed by atoms with van der Waals surface area (Å²) in [6, 6.07) is 13.1. The minimum atomic E-state index is -0.115. The van der Waals surface area contributed by atoms with Crippen molar-refractivity contribution in [3.63, 3.8) is 0 Å². The summed E-state index contributed by atoms with van der Waals surface area (Å²) in [5, 5.41) is 10.0. The molecule has 0 saturated carbocycles. The van der Waals surface area contributed by atoms with Gasteiger partial charge in [-0.1, -0.05) is 16.4 Å². The summed E-state index contributed by atoms with van der Waals surface area (Å²) >= 11 is 1.55. The fraction of sp³-hybridized carbons (Fsp3) is 0.273. The van der Waals surface area contributed by atoms with Crippen LogP contribution in [0, 0.1) is 0 Å². The lowest BCUT2D eigenvalue weighted by molar-refractivity contribution is 0.0605. The second-order valence-electron chi connectivity index (χ2n) is 7.36. The zero-order chi connectivity index (χ0) is 21.9. The summed E-state index contributed by atoms with van der Waals surface area (Å²) in [5.41, 5.74) is 1.20. The van der Waals surface area contributed by atoms with Crippen LogP contribution in [0.4, 0.5) is 0 Å².